The molecule has 11 heavy (non-hydrogen) atoms. The lowest BCUT2D eigenvalue weighted by molar-refractivity contribution is 0.108. The smallest absolute Gasteiger partial charge is 0.252 e. The molecule has 0 aliphatic carbocycles. The van der Waals surface area contributed by atoms with Crippen molar-refractivity contribution in [2.45, 2.75) is 0 Å². The van der Waals surface area contributed by atoms with Gasteiger partial charge in [0.15, 0.2) is 0 Å². The molecule has 0 heterocycles. The first-order valence-electron chi connectivity index (χ1n) is 2.65. The number of hydrogen-bond donors (Lipinski definition) is 1. The predicted molar refractivity (Wildman–Crippen MR) is 54.4 cm³/mol. The maximum Gasteiger partial charge on any atom is 0.252 e. The zero-order valence-electron chi connectivity index (χ0n) is 5.68. The second-order valence-electron chi connectivity index (χ2n) is 1.78. The van der Waals surface area contributed by atoms with Crippen LogP contribution in [0.15, 0.2) is 24.3 Å². The average molecular weight is 283 g/mol. The zero-order valence-corrected chi connectivity index (χ0v) is 8.59. The number of benzene rings is 1. The summed E-state index contributed by atoms with van der Waals surface area (Å²) >= 11 is 7.38. The molecule has 0 unspecified atom stereocenters. The van der Waals surface area contributed by atoms with E-state index in [-0.39, 0.29) is 6.15 Å². The fraction of sp³-hybridized carbons (Fsp3) is 0. The molecule has 0 bridgehead atoms. The Hall–Kier alpha value is -0.130. The predicted octanol–water partition coefficient (Wildman–Crippen LogP) is 2.83. The Bertz CT molecular complexity index is 247. The molecule has 1 aromatic rings. The van der Waals surface area contributed by atoms with Gasteiger partial charge in [-0.2, -0.15) is 0 Å². The van der Waals surface area contributed by atoms with E-state index in [9.17, 15) is 4.79 Å². The van der Waals surface area contributed by atoms with Crippen LogP contribution in [0.25, 0.3) is 0 Å². The van der Waals surface area contributed by atoms with Crippen molar-refractivity contribution >= 4 is 39.4 Å². The van der Waals surface area contributed by atoms with E-state index in [0.29, 0.717) is 5.56 Å². The summed E-state index contributed by atoms with van der Waals surface area (Å²) in [6, 6.07) is 7.10. The van der Waals surface area contributed by atoms with Crippen LogP contribution >= 0.6 is 34.2 Å². The Morgan fingerprint density at radius 2 is 1.73 bits per heavy atom. The first-order valence-corrected chi connectivity index (χ1v) is 4.11. The summed E-state index contributed by atoms with van der Waals surface area (Å²) < 4.78 is 1.10. The summed E-state index contributed by atoms with van der Waals surface area (Å²) in [7, 11) is 0. The number of rotatable bonds is 1. The number of carbonyl (C=O) groups excluding carboxylic acids is 1. The molecule has 0 aromatic heterocycles. The lowest BCUT2D eigenvalue weighted by atomic mass is 10.2. The molecular formula is C7H7ClINO. The topological polar surface area (TPSA) is 52.1 Å². The normalized spacial score (nSPS) is 8.55. The molecule has 2 nitrogen and oxygen atoms in total. The van der Waals surface area contributed by atoms with Gasteiger partial charge in [0.25, 0.3) is 5.24 Å². The maximum atomic E-state index is 10.5. The SMILES string of the molecule is N.O=C(Cl)c1ccc(I)cc1. The van der Waals surface area contributed by atoms with Crippen LogP contribution in [0.1, 0.15) is 10.4 Å². The van der Waals surface area contributed by atoms with Gasteiger partial charge in [0.05, 0.1) is 0 Å². The average Bonchev–Trinajstić information content (AvgIpc) is 1.88. The molecule has 0 amide bonds. The number of carbonyl (C=O) groups is 1. The largest absolute Gasteiger partial charge is 0.344 e. The molecule has 0 radical (unpaired) electrons. The Morgan fingerprint density at radius 3 is 2.09 bits per heavy atom. The van der Waals surface area contributed by atoms with Gasteiger partial charge in [-0.25, -0.2) is 0 Å². The molecule has 1 aromatic carbocycles. The van der Waals surface area contributed by atoms with E-state index in [0.717, 1.165) is 3.57 Å². The van der Waals surface area contributed by atoms with Crippen LogP contribution in [0.5, 0.6) is 0 Å². The molecule has 0 fully saturated rings. The fourth-order valence-electron chi connectivity index (χ4n) is 0.581. The van der Waals surface area contributed by atoms with E-state index >= 15 is 0 Å². The summed E-state index contributed by atoms with van der Waals surface area (Å²) in [6.07, 6.45) is 0. The van der Waals surface area contributed by atoms with E-state index < -0.39 is 5.24 Å². The number of halogens is 2. The molecule has 3 N–H and O–H groups in total. The van der Waals surface area contributed by atoms with Gasteiger partial charge in [-0.1, -0.05) is 0 Å². The summed E-state index contributed by atoms with van der Waals surface area (Å²) in [5.74, 6) is 0. The Labute approximate surface area is 83.7 Å². The van der Waals surface area contributed by atoms with Crippen molar-refractivity contribution in [1.82, 2.24) is 6.15 Å². The van der Waals surface area contributed by atoms with E-state index in [1.807, 2.05) is 12.1 Å². The van der Waals surface area contributed by atoms with Crippen LogP contribution < -0.4 is 6.15 Å². The third kappa shape index (κ3) is 3.18. The minimum absolute atomic E-state index is 0. The van der Waals surface area contributed by atoms with Crippen molar-refractivity contribution in [2.75, 3.05) is 0 Å². The third-order valence-corrected chi connectivity index (χ3v) is 2.01. The summed E-state index contributed by atoms with van der Waals surface area (Å²) in [4.78, 5) is 10.5. The molecule has 0 saturated heterocycles. The summed E-state index contributed by atoms with van der Waals surface area (Å²) in [5.41, 5.74) is 0.544. The van der Waals surface area contributed by atoms with Crippen molar-refractivity contribution in [1.29, 1.82) is 0 Å². The van der Waals surface area contributed by atoms with Gasteiger partial charge in [-0.05, 0) is 58.5 Å². The number of hydrogen-bond acceptors (Lipinski definition) is 2. The van der Waals surface area contributed by atoms with Gasteiger partial charge in [0.2, 0.25) is 0 Å². The highest BCUT2D eigenvalue weighted by molar-refractivity contribution is 14.1. The lowest BCUT2D eigenvalue weighted by Gasteiger charge is -1.91. The molecule has 4 heteroatoms. The van der Waals surface area contributed by atoms with Crippen molar-refractivity contribution in [2.24, 2.45) is 0 Å². The molecule has 0 spiro atoms. The molecule has 0 aliphatic rings. The van der Waals surface area contributed by atoms with Crippen LogP contribution in [-0.2, 0) is 0 Å². The lowest BCUT2D eigenvalue weighted by Crippen LogP contribution is -1.86. The van der Waals surface area contributed by atoms with Gasteiger partial charge in [-0.15, -0.1) is 0 Å². The van der Waals surface area contributed by atoms with Gasteiger partial charge in [0, 0.05) is 9.13 Å². The molecule has 0 atom stereocenters. The van der Waals surface area contributed by atoms with Crippen LogP contribution in [-0.4, -0.2) is 5.24 Å². The summed E-state index contributed by atoms with van der Waals surface area (Å²) in [6.45, 7) is 0. The summed E-state index contributed by atoms with van der Waals surface area (Å²) in [5, 5.41) is -0.406. The highest BCUT2D eigenvalue weighted by Crippen LogP contribution is 2.08. The monoisotopic (exact) mass is 283 g/mol. The zero-order chi connectivity index (χ0) is 7.56. The van der Waals surface area contributed by atoms with Crippen LogP contribution in [0.3, 0.4) is 0 Å². The van der Waals surface area contributed by atoms with Crippen molar-refractivity contribution in [3.63, 3.8) is 0 Å². The van der Waals surface area contributed by atoms with E-state index in [2.05, 4.69) is 22.6 Å². The molecule has 60 valence electrons. The van der Waals surface area contributed by atoms with Crippen LogP contribution in [0, 0.1) is 3.57 Å². The second-order valence-corrected chi connectivity index (χ2v) is 3.37. The minimum Gasteiger partial charge on any atom is -0.344 e. The first kappa shape index (κ1) is 10.9. The van der Waals surface area contributed by atoms with Gasteiger partial charge in [0.1, 0.15) is 0 Å². The Kier molecular flexibility index (Phi) is 4.63. The van der Waals surface area contributed by atoms with Gasteiger partial charge >= 0.3 is 0 Å². The third-order valence-electron chi connectivity index (χ3n) is 1.07. The van der Waals surface area contributed by atoms with Crippen LogP contribution in [0.4, 0.5) is 0 Å². The highest BCUT2D eigenvalue weighted by Gasteiger charge is 1.98. The van der Waals surface area contributed by atoms with Crippen LogP contribution in [0.2, 0.25) is 0 Å². The van der Waals surface area contributed by atoms with Crippen molar-refractivity contribution in [3.8, 4) is 0 Å². The van der Waals surface area contributed by atoms with Crippen molar-refractivity contribution < 1.29 is 4.79 Å². The second kappa shape index (κ2) is 4.69. The molecule has 0 saturated carbocycles. The van der Waals surface area contributed by atoms with Gasteiger partial charge < -0.3 is 6.15 Å². The first-order chi connectivity index (χ1) is 4.70. The fourth-order valence-corrected chi connectivity index (χ4v) is 1.07. The maximum absolute atomic E-state index is 10.5. The van der Waals surface area contributed by atoms with E-state index in [4.69, 9.17) is 11.6 Å². The van der Waals surface area contributed by atoms with Crippen molar-refractivity contribution in [3.05, 3.63) is 33.4 Å². The standard InChI is InChI=1S/C7H4ClIO.H3N/c8-7(10)5-1-3-6(9)4-2-5;/h1-4H;1H3. The highest BCUT2D eigenvalue weighted by atomic mass is 127. The Morgan fingerprint density at radius 1 is 1.27 bits per heavy atom. The van der Waals surface area contributed by atoms with E-state index in [1.165, 1.54) is 0 Å². The van der Waals surface area contributed by atoms with Gasteiger partial charge in [-0.3, -0.25) is 4.79 Å². The minimum atomic E-state index is -0.406. The van der Waals surface area contributed by atoms with E-state index in [1.54, 1.807) is 12.1 Å². The molecule has 1 rings (SSSR count). The molecule has 0 aliphatic heterocycles. The Balaban J connectivity index is 0.000001000. The molecular weight excluding hydrogens is 276 g/mol. The quantitative estimate of drug-likeness (QED) is 0.636.